The maximum absolute atomic E-state index is 12.6. The van der Waals surface area contributed by atoms with Gasteiger partial charge in [0, 0.05) is 12.6 Å². The molecular formula is C17H21N5O3. The van der Waals surface area contributed by atoms with E-state index < -0.39 is 0 Å². The van der Waals surface area contributed by atoms with Gasteiger partial charge in [0.15, 0.2) is 0 Å². The van der Waals surface area contributed by atoms with E-state index in [1.54, 1.807) is 12.0 Å². The summed E-state index contributed by atoms with van der Waals surface area (Å²) in [6.45, 7) is 4.10. The maximum Gasteiger partial charge on any atom is 0.318 e. The first-order chi connectivity index (χ1) is 12.1. The van der Waals surface area contributed by atoms with Crippen LogP contribution in [0.1, 0.15) is 17.2 Å². The molecule has 1 atom stereocenters. The van der Waals surface area contributed by atoms with Crippen molar-refractivity contribution in [3.05, 3.63) is 35.4 Å². The minimum Gasteiger partial charge on any atom is -0.497 e. The Morgan fingerprint density at radius 1 is 1.40 bits per heavy atom. The molecule has 1 aromatic heterocycles. The molecule has 2 aliphatic heterocycles. The van der Waals surface area contributed by atoms with Crippen molar-refractivity contribution in [3.8, 4) is 11.5 Å². The Bertz CT molecular complexity index is 804. The van der Waals surface area contributed by atoms with Crippen LogP contribution in [-0.2, 0) is 19.5 Å². The van der Waals surface area contributed by atoms with Crippen LogP contribution in [-0.4, -0.2) is 52.0 Å². The van der Waals surface area contributed by atoms with Gasteiger partial charge in [-0.3, -0.25) is 0 Å². The van der Waals surface area contributed by atoms with E-state index in [0.29, 0.717) is 26.2 Å². The number of amides is 2. The van der Waals surface area contributed by atoms with Crippen LogP contribution in [0.5, 0.6) is 11.5 Å². The third-order valence-electron chi connectivity index (χ3n) is 4.56. The van der Waals surface area contributed by atoms with Gasteiger partial charge in [0.05, 0.1) is 26.2 Å². The molecule has 2 amide bonds. The molecule has 0 aliphatic carbocycles. The second-order valence-corrected chi connectivity index (χ2v) is 6.36. The highest BCUT2D eigenvalue weighted by molar-refractivity contribution is 5.74. The van der Waals surface area contributed by atoms with Crippen LogP contribution in [0.25, 0.3) is 0 Å². The molecule has 0 radical (unpaired) electrons. The lowest BCUT2D eigenvalue weighted by molar-refractivity contribution is 0.166. The second kappa shape index (κ2) is 6.27. The Morgan fingerprint density at radius 3 is 3.12 bits per heavy atom. The smallest absolute Gasteiger partial charge is 0.318 e. The molecule has 25 heavy (non-hydrogen) atoms. The lowest BCUT2D eigenvalue weighted by Gasteiger charge is -2.31. The summed E-state index contributed by atoms with van der Waals surface area (Å²) in [5.41, 5.74) is 1.08. The first-order valence-corrected chi connectivity index (χ1v) is 8.38. The van der Waals surface area contributed by atoms with E-state index in [4.69, 9.17) is 9.47 Å². The van der Waals surface area contributed by atoms with Gasteiger partial charge in [-0.15, -0.1) is 0 Å². The van der Waals surface area contributed by atoms with Gasteiger partial charge in [-0.1, -0.05) is 6.07 Å². The van der Waals surface area contributed by atoms with Crippen molar-refractivity contribution in [2.45, 2.75) is 32.5 Å². The number of fused-ring (bicyclic) bond motifs is 2. The van der Waals surface area contributed by atoms with Crippen molar-refractivity contribution in [2.24, 2.45) is 0 Å². The summed E-state index contributed by atoms with van der Waals surface area (Å²) in [4.78, 5) is 18.7. The highest BCUT2D eigenvalue weighted by Gasteiger charge is 2.27. The normalized spacial score (nSPS) is 18.8. The Labute approximate surface area is 145 Å². The molecule has 0 unspecified atom stereocenters. The topological polar surface area (TPSA) is 81.5 Å². The summed E-state index contributed by atoms with van der Waals surface area (Å²) in [5, 5.41) is 7.39. The van der Waals surface area contributed by atoms with Crippen LogP contribution in [0.3, 0.4) is 0 Å². The summed E-state index contributed by atoms with van der Waals surface area (Å²) < 4.78 is 12.9. The minimum atomic E-state index is -0.0857. The lowest BCUT2D eigenvalue weighted by atomic mass is 10.0. The zero-order valence-electron chi connectivity index (χ0n) is 14.4. The molecular weight excluding hydrogens is 322 g/mol. The fourth-order valence-electron chi connectivity index (χ4n) is 3.27. The van der Waals surface area contributed by atoms with Gasteiger partial charge in [0.2, 0.25) is 0 Å². The molecule has 2 aliphatic rings. The summed E-state index contributed by atoms with van der Waals surface area (Å²) in [7, 11) is 1.63. The van der Waals surface area contributed by atoms with Gasteiger partial charge < -0.3 is 19.7 Å². The molecule has 0 saturated heterocycles. The number of methoxy groups -OCH3 is 1. The fraction of sp³-hybridized carbons (Fsp3) is 0.471. The number of benzene rings is 1. The molecule has 0 bridgehead atoms. The summed E-state index contributed by atoms with van der Waals surface area (Å²) >= 11 is 0. The van der Waals surface area contributed by atoms with E-state index in [-0.39, 0.29) is 12.1 Å². The van der Waals surface area contributed by atoms with Crippen LogP contribution in [0.15, 0.2) is 18.2 Å². The number of hydrogen-bond acceptors (Lipinski definition) is 5. The number of rotatable bonds is 2. The first-order valence-electron chi connectivity index (χ1n) is 8.38. The number of nitrogens with one attached hydrogen (secondary N) is 1. The molecule has 1 aromatic carbocycles. The van der Waals surface area contributed by atoms with Crippen molar-refractivity contribution in [1.82, 2.24) is 25.0 Å². The second-order valence-electron chi connectivity index (χ2n) is 6.36. The number of hydrogen-bond donors (Lipinski definition) is 1. The average Bonchev–Trinajstić information content (AvgIpc) is 3.00. The third kappa shape index (κ3) is 3.11. The standard InChI is InChI=1S/C17H21N5O3/c1-11-18-16-9-21(5-6-22(16)20-11)17(23)19-13-7-12-3-4-14(24-2)8-15(12)25-10-13/h3-4,8,13H,5-7,9-10H2,1-2H3,(H,19,23)/t13-/m1/s1. The molecule has 0 fully saturated rings. The van der Waals surface area contributed by atoms with Crippen molar-refractivity contribution in [3.63, 3.8) is 0 Å². The Kier molecular flexibility index (Phi) is 3.95. The van der Waals surface area contributed by atoms with Crippen LogP contribution >= 0.6 is 0 Å². The largest absolute Gasteiger partial charge is 0.497 e. The van der Waals surface area contributed by atoms with Gasteiger partial charge in [-0.05, 0) is 25.0 Å². The van der Waals surface area contributed by atoms with Gasteiger partial charge in [-0.25, -0.2) is 14.5 Å². The quantitative estimate of drug-likeness (QED) is 0.884. The first kappa shape index (κ1) is 15.7. The Hall–Kier alpha value is -2.77. The molecule has 0 spiro atoms. The zero-order chi connectivity index (χ0) is 17.4. The van der Waals surface area contributed by atoms with Gasteiger partial charge in [0.25, 0.3) is 0 Å². The highest BCUT2D eigenvalue weighted by atomic mass is 16.5. The third-order valence-corrected chi connectivity index (χ3v) is 4.56. The van der Waals surface area contributed by atoms with E-state index >= 15 is 0 Å². The number of aromatic nitrogens is 3. The zero-order valence-corrected chi connectivity index (χ0v) is 14.4. The molecule has 8 nitrogen and oxygen atoms in total. The predicted molar refractivity (Wildman–Crippen MR) is 89.7 cm³/mol. The summed E-state index contributed by atoms with van der Waals surface area (Å²) in [6, 6.07) is 5.64. The van der Waals surface area contributed by atoms with Crippen LogP contribution in [0, 0.1) is 6.92 Å². The molecule has 3 heterocycles. The van der Waals surface area contributed by atoms with E-state index in [1.807, 2.05) is 29.8 Å². The lowest BCUT2D eigenvalue weighted by Crippen LogP contribution is -2.50. The number of ether oxygens (including phenoxy) is 2. The molecule has 1 N–H and O–H groups in total. The van der Waals surface area contributed by atoms with E-state index in [9.17, 15) is 4.79 Å². The summed E-state index contributed by atoms with van der Waals surface area (Å²) in [6.07, 6.45) is 0.744. The minimum absolute atomic E-state index is 0.0464. The summed E-state index contributed by atoms with van der Waals surface area (Å²) in [5.74, 6) is 3.17. The van der Waals surface area contributed by atoms with Gasteiger partial charge >= 0.3 is 6.03 Å². The van der Waals surface area contributed by atoms with Crippen molar-refractivity contribution in [1.29, 1.82) is 0 Å². The molecule has 8 heteroatoms. The van der Waals surface area contributed by atoms with Crippen LogP contribution < -0.4 is 14.8 Å². The maximum atomic E-state index is 12.6. The molecule has 2 aromatic rings. The van der Waals surface area contributed by atoms with Gasteiger partial charge in [0.1, 0.15) is 29.8 Å². The van der Waals surface area contributed by atoms with Crippen molar-refractivity contribution in [2.75, 3.05) is 20.3 Å². The van der Waals surface area contributed by atoms with Gasteiger partial charge in [-0.2, -0.15) is 5.10 Å². The van der Waals surface area contributed by atoms with E-state index in [1.165, 1.54) is 0 Å². The van der Waals surface area contributed by atoms with Crippen molar-refractivity contribution < 1.29 is 14.3 Å². The number of nitrogens with zero attached hydrogens (tertiary/aromatic N) is 4. The Balaban J connectivity index is 1.38. The monoisotopic (exact) mass is 343 g/mol. The highest BCUT2D eigenvalue weighted by Crippen LogP contribution is 2.29. The SMILES string of the molecule is COc1ccc2c(c1)OC[C@H](NC(=O)N1CCn3nc(C)nc3C1)C2. The molecule has 4 rings (SSSR count). The number of aryl methyl sites for hydroxylation is 1. The number of carbonyl (C=O) groups excluding carboxylic acids is 1. The number of urea groups is 1. The molecule has 0 saturated carbocycles. The van der Waals surface area contributed by atoms with E-state index in [0.717, 1.165) is 35.1 Å². The van der Waals surface area contributed by atoms with E-state index in [2.05, 4.69) is 15.4 Å². The average molecular weight is 343 g/mol. The predicted octanol–water partition coefficient (Wildman–Crippen LogP) is 1.12. The molecule has 132 valence electrons. The Morgan fingerprint density at radius 2 is 2.28 bits per heavy atom. The fourth-order valence-corrected chi connectivity index (χ4v) is 3.27. The van der Waals surface area contributed by atoms with Crippen LogP contribution in [0.4, 0.5) is 4.79 Å². The number of carbonyl (C=O) groups is 1. The van der Waals surface area contributed by atoms with Crippen LogP contribution in [0.2, 0.25) is 0 Å². The van der Waals surface area contributed by atoms with Crippen molar-refractivity contribution >= 4 is 6.03 Å².